The van der Waals surface area contributed by atoms with E-state index in [9.17, 15) is 10.2 Å². The minimum absolute atomic E-state index is 0.0495. The van der Waals surface area contributed by atoms with Gasteiger partial charge in [-0.05, 0) is 18.5 Å². The molecule has 0 aromatic carbocycles. The highest BCUT2D eigenvalue weighted by atomic mass is 35.5. The Labute approximate surface area is 141 Å². The maximum Gasteiger partial charge on any atom is 0.222 e. The van der Waals surface area contributed by atoms with Gasteiger partial charge in [0.2, 0.25) is 5.95 Å². The van der Waals surface area contributed by atoms with Crippen molar-refractivity contribution in [3.05, 3.63) is 12.5 Å². The van der Waals surface area contributed by atoms with Crippen molar-refractivity contribution >= 4 is 40.3 Å². The van der Waals surface area contributed by atoms with E-state index < -0.39 is 29.4 Å². The van der Waals surface area contributed by atoms with Crippen LogP contribution in [0.4, 0.5) is 5.95 Å². The van der Waals surface area contributed by atoms with Crippen molar-refractivity contribution in [2.75, 3.05) is 5.73 Å². The summed E-state index contributed by atoms with van der Waals surface area (Å²) in [4.78, 5) is 10.5. The summed E-state index contributed by atoms with van der Waals surface area (Å²) in [5, 5.41) is 22.4. The molecule has 1 aliphatic heterocycles. The molecule has 1 unspecified atom stereocenters. The molecule has 10 heteroatoms. The van der Waals surface area contributed by atoms with Crippen LogP contribution >= 0.6 is 23.2 Å². The standard InChI is InChI=1S/C13H13Cl2N5O3/c1-6(21)8-9(22)13(15,2-3-14)11(23-8)20-5-18-7-4-17-12(16)19-10(7)20/h4-6,8-9,11,21-22H,1H3,(H2,16,17,19)/t6-,8+,9-,11+,13?/m0/s1. The first-order valence-corrected chi connectivity index (χ1v) is 7.42. The molecule has 3 rings (SSSR count). The molecule has 4 N–H and O–H groups in total. The molecule has 0 aliphatic carbocycles. The minimum atomic E-state index is -1.59. The molecule has 5 atom stereocenters. The lowest BCUT2D eigenvalue weighted by Gasteiger charge is -2.25. The van der Waals surface area contributed by atoms with Crippen LogP contribution in [0.3, 0.4) is 0 Å². The van der Waals surface area contributed by atoms with Crippen LogP contribution in [-0.4, -0.2) is 52.9 Å². The van der Waals surface area contributed by atoms with E-state index in [2.05, 4.69) is 26.3 Å². The number of nitrogens with zero attached hydrogens (tertiary/aromatic N) is 4. The van der Waals surface area contributed by atoms with Crippen LogP contribution in [-0.2, 0) is 4.74 Å². The number of fused-ring (bicyclic) bond motifs is 1. The summed E-state index contributed by atoms with van der Waals surface area (Å²) < 4.78 is 7.20. The number of aliphatic hydroxyl groups excluding tert-OH is 2. The summed E-state index contributed by atoms with van der Waals surface area (Å²) in [6.07, 6.45) is -1.31. The lowest BCUT2D eigenvalue weighted by molar-refractivity contribution is -0.0752. The van der Waals surface area contributed by atoms with Gasteiger partial charge >= 0.3 is 0 Å². The van der Waals surface area contributed by atoms with Gasteiger partial charge in [-0.25, -0.2) is 9.97 Å². The van der Waals surface area contributed by atoms with Crippen LogP contribution in [0.25, 0.3) is 11.2 Å². The van der Waals surface area contributed by atoms with Crippen LogP contribution in [0.2, 0.25) is 0 Å². The van der Waals surface area contributed by atoms with E-state index in [0.29, 0.717) is 11.2 Å². The number of anilines is 1. The van der Waals surface area contributed by atoms with E-state index in [1.807, 2.05) is 0 Å². The predicted molar refractivity (Wildman–Crippen MR) is 83.5 cm³/mol. The van der Waals surface area contributed by atoms with Crippen LogP contribution < -0.4 is 5.73 Å². The van der Waals surface area contributed by atoms with E-state index in [1.54, 1.807) is 0 Å². The Balaban J connectivity index is 2.14. The molecule has 0 bridgehead atoms. The third kappa shape index (κ3) is 2.51. The lowest BCUT2D eigenvalue weighted by Crippen LogP contribution is -2.43. The van der Waals surface area contributed by atoms with Gasteiger partial charge in [0, 0.05) is 5.38 Å². The first-order chi connectivity index (χ1) is 10.9. The monoisotopic (exact) mass is 357 g/mol. The van der Waals surface area contributed by atoms with Gasteiger partial charge in [0.15, 0.2) is 16.7 Å². The number of hydrogen-bond acceptors (Lipinski definition) is 7. The molecule has 122 valence electrons. The highest BCUT2D eigenvalue weighted by Crippen LogP contribution is 2.45. The number of nitrogen functional groups attached to an aromatic ring is 1. The summed E-state index contributed by atoms with van der Waals surface area (Å²) >= 11 is 12.0. The van der Waals surface area contributed by atoms with E-state index in [1.165, 1.54) is 24.0 Å². The number of imidazole rings is 1. The molecule has 2 aromatic heterocycles. The second-order valence-corrected chi connectivity index (χ2v) is 6.03. The van der Waals surface area contributed by atoms with E-state index in [4.69, 9.17) is 33.7 Å². The zero-order chi connectivity index (χ0) is 16.8. The maximum atomic E-state index is 10.4. The number of alkyl halides is 1. The van der Waals surface area contributed by atoms with Gasteiger partial charge in [-0.1, -0.05) is 17.5 Å². The Kier molecular flexibility index (Phi) is 4.08. The van der Waals surface area contributed by atoms with Crippen LogP contribution in [0, 0.1) is 11.3 Å². The molecule has 0 amide bonds. The van der Waals surface area contributed by atoms with E-state index in [0.717, 1.165) is 0 Å². The van der Waals surface area contributed by atoms with Gasteiger partial charge in [-0.15, -0.1) is 0 Å². The molecule has 1 fully saturated rings. The number of halogens is 2. The van der Waals surface area contributed by atoms with Crippen molar-refractivity contribution in [2.45, 2.75) is 36.3 Å². The number of nitrogens with two attached hydrogens (primary N) is 1. The second-order valence-electron chi connectivity index (χ2n) is 5.21. The summed E-state index contributed by atoms with van der Waals surface area (Å²) in [6, 6.07) is 0. The Morgan fingerprint density at radius 3 is 2.91 bits per heavy atom. The fourth-order valence-electron chi connectivity index (χ4n) is 2.57. The van der Waals surface area contributed by atoms with Gasteiger partial charge in [-0.2, -0.15) is 4.98 Å². The summed E-state index contributed by atoms with van der Waals surface area (Å²) in [6.45, 7) is 1.48. The van der Waals surface area contributed by atoms with Gasteiger partial charge < -0.3 is 20.7 Å². The molecule has 2 aromatic rings. The van der Waals surface area contributed by atoms with Crippen molar-refractivity contribution in [1.29, 1.82) is 0 Å². The van der Waals surface area contributed by atoms with Crippen molar-refractivity contribution in [1.82, 2.24) is 19.5 Å². The lowest BCUT2D eigenvalue weighted by atomic mass is 9.97. The first-order valence-electron chi connectivity index (χ1n) is 6.67. The molecule has 1 aliphatic rings. The van der Waals surface area contributed by atoms with Crippen LogP contribution in [0.1, 0.15) is 13.2 Å². The third-order valence-corrected chi connectivity index (χ3v) is 4.29. The van der Waals surface area contributed by atoms with Crippen molar-refractivity contribution < 1.29 is 14.9 Å². The van der Waals surface area contributed by atoms with Crippen molar-refractivity contribution in [3.63, 3.8) is 0 Å². The largest absolute Gasteiger partial charge is 0.391 e. The van der Waals surface area contributed by atoms with Crippen molar-refractivity contribution in [2.24, 2.45) is 0 Å². The Morgan fingerprint density at radius 2 is 2.26 bits per heavy atom. The van der Waals surface area contributed by atoms with E-state index >= 15 is 0 Å². The second kappa shape index (κ2) is 5.78. The number of aromatic nitrogens is 4. The molecular weight excluding hydrogens is 345 g/mol. The third-order valence-electron chi connectivity index (χ3n) is 3.69. The molecule has 3 heterocycles. The molecule has 0 saturated carbocycles. The molecule has 1 saturated heterocycles. The summed E-state index contributed by atoms with van der Waals surface area (Å²) in [5.74, 6) is 2.59. The predicted octanol–water partition coefficient (Wildman–Crippen LogP) is 0.225. The van der Waals surface area contributed by atoms with E-state index in [-0.39, 0.29) is 5.95 Å². The maximum absolute atomic E-state index is 10.4. The minimum Gasteiger partial charge on any atom is -0.391 e. The number of hydrogen-bond donors (Lipinski definition) is 3. The quantitative estimate of drug-likeness (QED) is 0.519. The highest BCUT2D eigenvalue weighted by molar-refractivity contribution is 6.32. The number of ether oxygens (including phenoxy) is 1. The van der Waals surface area contributed by atoms with Gasteiger partial charge in [0.25, 0.3) is 0 Å². The SMILES string of the molecule is C[C@H](O)[C@H]1O[C@@H](n2cnc3cnc(N)nc32)C(Cl)(C#CCl)[C@H]1O. The topological polar surface area (TPSA) is 119 Å². The number of aliphatic hydroxyl groups is 2. The average molecular weight is 358 g/mol. The average Bonchev–Trinajstić information content (AvgIpc) is 3.00. The Bertz CT molecular complexity index is 802. The fraction of sp³-hybridized carbons (Fsp3) is 0.462. The fourth-order valence-corrected chi connectivity index (χ4v) is 3.11. The molecule has 8 nitrogen and oxygen atoms in total. The highest BCUT2D eigenvalue weighted by Gasteiger charge is 2.57. The van der Waals surface area contributed by atoms with Gasteiger partial charge in [0.1, 0.15) is 17.7 Å². The molecule has 0 spiro atoms. The Morgan fingerprint density at radius 1 is 1.52 bits per heavy atom. The molecular formula is C13H13Cl2N5O3. The zero-order valence-electron chi connectivity index (χ0n) is 11.9. The van der Waals surface area contributed by atoms with Gasteiger partial charge in [0.05, 0.1) is 18.6 Å². The number of rotatable bonds is 2. The van der Waals surface area contributed by atoms with Crippen molar-refractivity contribution in [3.8, 4) is 11.3 Å². The summed E-state index contributed by atoms with van der Waals surface area (Å²) in [7, 11) is 0. The van der Waals surface area contributed by atoms with Crippen LogP contribution in [0.5, 0.6) is 0 Å². The molecule has 23 heavy (non-hydrogen) atoms. The Hall–Kier alpha value is -1.63. The molecule has 0 radical (unpaired) electrons. The summed E-state index contributed by atoms with van der Waals surface area (Å²) in [5.41, 5.74) is 6.44. The normalized spacial score (nSPS) is 31.8. The smallest absolute Gasteiger partial charge is 0.222 e. The van der Waals surface area contributed by atoms with Crippen LogP contribution in [0.15, 0.2) is 12.5 Å². The zero-order valence-corrected chi connectivity index (χ0v) is 13.4. The van der Waals surface area contributed by atoms with Gasteiger partial charge in [-0.3, -0.25) is 4.57 Å². The first kappa shape index (κ1) is 16.2.